The fraction of sp³-hybridized carbons (Fsp3) is 0.529. The molecule has 2 saturated heterocycles. The Morgan fingerprint density at radius 3 is 2.32 bits per heavy atom. The molecule has 0 aromatic heterocycles. The summed E-state index contributed by atoms with van der Waals surface area (Å²) in [6.07, 6.45) is 2.20. The number of carbonyl (C=O) groups is 1. The Kier molecular flexibility index (Phi) is 4.71. The van der Waals surface area contributed by atoms with Gasteiger partial charge in [0, 0.05) is 51.0 Å². The third kappa shape index (κ3) is 3.29. The number of carbonyl (C=O) groups excluding carboxylic acids is 1. The van der Waals surface area contributed by atoms with E-state index in [-0.39, 0.29) is 5.91 Å². The van der Waals surface area contributed by atoms with Crippen molar-refractivity contribution < 1.29 is 9.53 Å². The van der Waals surface area contributed by atoms with Crippen LogP contribution in [-0.2, 0) is 4.74 Å². The van der Waals surface area contributed by atoms with Crippen molar-refractivity contribution in [3.05, 3.63) is 35.4 Å². The molecule has 116 valence electrons. The Balaban J connectivity index is 1.56. The van der Waals surface area contributed by atoms with Gasteiger partial charge in [-0.3, -0.25) is 9.69 Å². The molecule has 0 unspecified atom stereocenters. The topological polar surface area (TPSA) is 56.6 Å². The van der Waals surface area contributed by atoms with E-state index in [1.165, 1.54) is 0 Å². The van der Waals surface area contributed by atoms with Gasteiger partial charge in [-0.1, -0.05) is 0 Å². The van der Waals surface area contributed by atoms with Crippen molar-refractivity contribution in [1.29, 1.82) is 5.26 Å². The molecule has 2 heterocycles. The molecule has 0 aliphatic carbocycles. The minimum absolute atomic E-state index is 0.0658. The predicted molar refractivity (Wildman–Crippen MR) is 82.5 cm³/mol. The monoisotopic (exact) mass is 299 g/mol. The summed E-state index contributed by atoms with van der Waals surface area (Å²) < 4.78 is 5.41. The molecule has 0 atom stereocenters. The van der Waals surface area contributed by atoms with E-state index >= 15 is 0 Å². The van der Waals surface area contributed by atoms with Gasteiger partial charge >= 0.3 is 0 Å². The lowest BCUT2D eigenvalue weighted by atomic mass is 10.1. The van der Waals surface area contributed by atoms with Crippen LogP contribution in [0.3, 0.4) is 0 Å². The SMILES string of the molecule is N#Cc1ccc(C(=O)N2CCN(C3CCOCC3)CC2)cc1. The first kappa shape index (κ1) is 15.0. The van der Waals surface area contributed by atoms with Crippen molar-refractivity contribution in [2.75, 3.05) is 39.4 Å². The summed E-state index contributed by atoms with van der Waals surface area (Å²) in [5.74, 6) is 0.0658. The lowest BCUT2D eigenvalue weighted by molar-refractivity contribution is 0.0137. The van der Waals surface area contributed by atoms with Gasteiger partial charge in [-0.15, -0.1) is 0 Å². The van der Waals surface area contributed by atoms with Crippen molar-refractivity contribution in [1.82, 2.24) is 9.80 Å². The average Bonchev–Trinajstić information content (AvgIpc) is 2.62. The maximum absolute atomic E-state index is 12.5. The maximum Gasteiger partial charge on any atom is 0.253 e. The second kappa shape index (κ2) is 6.91. The molecule has 2 aliphatic rings. The van der Waals surface area contributed by atoms with E-state index in [2.05, 4.69) is 11.0 Å². The number of amides is 1. The number of nitrogens with zero attached hydrogens (tertiary/aromatic N) is 3. The highest BCUT2D eigenvalue weighted by Crippen LogP contribution is 2.17. The second-order valence-electron chi connectivity index (χ2n) is 5.86. The minimum atomic E-state index is 0.0658. The summed E-state index contributed by atoms with van der Waals surface area (Å²) >= 11 is 0. The Morgan fingerprint density at radius 1 is 1.09 bits per heavy atom. The van der Waals surface area contributed by atoms with Crippen LogP contribution in [0.15, 0.2) is 24.3 Å². The fourth-order valence-corrected chi connectivity index (χ4v) is 3.21. The smallest absolute Gasteiger partial charge is 0.253 e. The van der Waals surface area contributed by atoms with E-state index in [1.807, 2.05) is 4.90 Å². The minimum Gasteiger partial charge on any atom is -0.381 e. The molecule has 0 radical (unpaired) electrons. The lowest BCUT2D eigenvalue weighted by Gasteiger charge is -2.40. The number of nitriles is 1. The highest BCUT2D eigenvalue weighted by atomic mass is 16.5. The first-order chi connectivity index (χ1) is 10.8. The Bertz CT molecular complexity index is 550. The normalized spacial score (nSPS) is 20.6. The molecule has 2 aliphatic heterocycles. The fourth-order valence-electron chi connectivity index (χ4n) is 3.21. The molecule has 22 heavy (non-hydrogen) atoms. The van der Waals surface area contributed by atoms with E-state index in [4.69, 9.17) is 10.00 Å². The summed E-state index contributed by atoms with van der Waals surface area (Å²) in [5.41, 5.74) is 1.25. The van der Waals surface area contributed by atoms with Gasteiger partial charge in [0.05, 0.1) is 11.6 Å². The molecule has 0 saturated carbocycles. The van der Waals surface area contributed by atoms with Crippen LogP contribution in [-0.4, -0.2) is 61.1 Å². The summed E-state index contributed by atoms with van der Waals surface area (Å²) in [7, 11) is 0. The molecular formula is C17H21N3O2. The molecule has 0 N–H and O–H groups in total. The largest absolute Gasteiger partial charge is 0.381 e. The molecule has 1 aromatic rings. The molecule has 1 amide bonds. The third-order valence-corrected chi connectivity index (χ3v) is 4.57. The van der Waals surface area contributed by atoms with Crippen LogP contribution < -0.4 is 0 Å². The van der Waals surface area contributed by atoms with Gasteiger partial charge < -0.3 is 9.64 Å². The van der Waals surface area contributed by atoms with Crippen LogP contribution >= 0.6 is 0 Å². The van der Waals surface area contributed by atoms with Crippen LogP contribution in [0.25, 0.3) is 0 Å². The average molecular weight is 299 g/mol. The van der Waals surface area contributed by atoms with Crippen molar-refractivity contribution in [2.24, 2.45) is 0 Å². The summed E-state index contributed by atoms with van der Waals surface area (Å²) in [6.45, 7) is 5.13. The first-order valence-electron chi connectivity index (χ1n) is 7.89. The molecular weight excluding hydrogens is 278 g/mol. The number of benzene rings is 1. The van der Waals surface area contributed by atoms with Crippen molar-refractivity contribution >= 4 is 5.91 Å². The maximum atomic E-state index is 12.5. The molecule has 0 spiro atoms. The summed E-state index contributed by atoms with van der Waals surface area (Å²) in [5, 5.41) is 8.81. The Hall–Kier alpha value is -1.90. The summed E-state index contributed by atoms with van der Waals surface area (Å²) in [4.78, 5) is 16.9. The zero-order valence-electron chi connectivity index (χ0n) is 12.7. The van der Waals surface area contributed by atoms with E-state index in [0.29, 0.717) is 17.2 Å². The van der Waals surface area contributed by atoms with Gasteiger partial charge in [0.25, 0.3) is 5.91 Å². The molecule has 2 fully saturated rings. The van der Waals surface area contributed by atoms with Gasteiger partial charge in [0.15, 0.2) is 0 Å². The molecule has 1 aromatic carbocycles. The van der Waals surface area contributed by atoms with Crippen LogP contribution in [0.1, 0.15) is 28.8 Å². The quantitative estimate of drug-likeness (QED) is 0.830. The number of rotatable bonds is 2. The van der Waals surface area contributed by atoms with Crippen LogP contribution in [0.2, 0.25) is 0 Å². The van der Waals surface area contributed by atoms with Crippen LogP contribution in [0.5, 0.6) is 0 Å². The Labute approximate surface area is 131 Å². The van der Waals surface area contributed by atoms with E-state index < -0.39 is 0 Å². The molecule has 0 bridgehead atoms. The van der Waals surface area contributed by atoms with Crippen molar-refractivity contribution in [3.63, 3.8) is 0 Å². The number of ether oxygens (including phenoxy) is 1. The van der Waals surface area contributed by atoms with Gasteiger partial charge in [-0.2, -0.15) is 5.26 Å². The molecule has 5 heteroatoms. The Morgan fingerprint density at radius 2 is 1.73 bits per heavy atom. The zero-order chi connectivity index (χ0) is 15.4. The predicted octanol–water partition coefficient (Wildman–Crippen LogP) is 1.50. The standard InChI is InChI=1S/C17H21N3O2/c18-13-14-1-3-15(4-2-14)17(21)20-9-7-19(8-10-20)16-5-11-22-12-6-16/h1-4,16H,5-12H2. The number of hydrogen-bond donors (Lipinski definition) is 0. The second-order valence-corrected chi connectivity index (χ2v) is 5.86. The third-order valence-electron chi connectivity index (χ3n) is 4.57. The lowest BCUT2D eigenvalue weighted by Crippen LogP contribution is -2.53. The number of piperazine rings is 1. The highest BCUT2D eigenvalue weighted by molar-refractivity contribution is 5.94. The van der Waals surface area contributed by atoms with E-state index in [1.54, 1.807) is 24.3 Å². The number of hydrogen-bond acceptors (Lipinski definition) is 4. The van der Waals surface area contributed by atoms with Crippen LogP contribution in [0.4, 0.5) is 0 Å². The first-order valence-corrected chi connectivity index (χ1v) is 7.89. The van der Waals surface area contributed by atoms with Gasteiger partial charge in [-0.05, 0) is 37.1 Å². The van der Waals surface area contributed by atoms with Crippen LogP contribution in [0, 0.1) is 11.3 Å². The van der Waals surface area contributed by atoms with E-state index in [9.17, 15) is 4.79 Å². The summed E-state index contributed by atoms with van der Waals surface area (Å²) in [6, 6.07) is 9.57. The van der Waals surface area contributed by atoms with E-state index in [0.717, 1.165) is 52.2 Å². The van der Waals surface area contributed by atoms with Gasteiger partial charge in [0.2, 0.25) is 0 Å². The molecule has 5 nitrogen and oxygen atoms in total. The van der Waals surface area contributed by atoms with Gasteiger partial charge in [-0.25, -0.2) is 0 Å². The van der Waals surface area contributed by atoms with Crippen molar-refractivity contribution in [2.45, 2.75) is 18.9 Å². The van der Waals surface area contributed by atoms with Crippen molar-refractivity contribution in [3.8, 4) is 6.07 Å². The van der Waals surface area contributed by atoms with Gasteiger partial charge in [0.1, 0.15) is 0 Å². The zero-order valence-corrected chi connectivity index (χ0v) is 12.7. The highest BCUT2D eigenvalue weighted by Gasteiger charge is 2.27. The molecule has 3 rings (SSSR count).